The lowest BCUT2D eigenvalue weighted by Crippen LogP contribution is -2.35. The number of methoxy groups -OCH3 is 1. The molecule has 1 N–H and O–H groups in total. The van der Waals surface area contributed by atoms with E-state index in [1.807, 2.05) is 23.6 Å². The summed E-state index contributed by atoms with van der Waals surface area (Å²) in [5.41, 5.74) is 3.85. The Kier molecular flexibility index (Phi) is 6.74. The molecule has 0 unspecified atom stereocenters. The van der Waals surface area contributed by atoms with Crippen LogP contribution in [0, 0.1) is 0 Å². The van der Waals surface area contributed by atoms with Gasteiger partial charge < -0.3 is 14.8 Å². The summed E-state index contributed by atoms with van der Waals surface area (Å²) in [5.74, 6) is 0.613. The quantitative estimate of drug-likeness (QED) is 0.626. The van der Waals surface area contributed by atoms with Gasteiger partial charge in [-0.3, -0.25) is 9.69 Å². The average Bonchev–Trinajstić information content (AvgIpc) is 3.23. The first-order valence-corrected chi connectivity index (χ1v) is 10.9. The van der Waals surface area contributed by atoms with E-state index in [9.17, 15) is 4.79 Å². The number of benzene rings is 2. The van der Waals surface area contributed by atoms with Crippen molar-refractivity contribution < 1.29 is 14.3 Å². The maximum absolute atomic E-state index is 12.4. The number of hydrogen-bond donors (Lipinski definition) is 1. The lowest BCUT2D eigenvalue weighted by molar-refractivity contribution is -0.115. The minimum Gasteiger partial charge on any atom is -0.497 e. The van der Waals surface area contributed by atoms with Crippen molar-refractivity contribution in [3.05, 3.63) is 65.2 Å². The molecule has 2 aromatic carbocycles. The second-order valence-corrected chi connectivity index (χ2v) is 8.04. The van der Waals surface area contributed by atoms with Gasteiger partial charge in [0.15, 0.2) is 0 Å². The number of thiazole rings is 1. The van der Waals surface area contributed by atoms with Crippen LogP contribution >= 0.6 is 11.3 Å². The summed E-state index contributed by atoms with van der Waals surface area (Å²) in [6, 6.07) is 15.8. The molecule has 0 radical (unpaired) electrons. The van der Waals surface area contributed by atoms with Crippen molar-refractivity contribution in [2.45, 2.75) is 13.0 Å². The molecule has 0 aliphatic carbocycles. The Bertz CT molecular complexity index is 981. The molecule has 2 heterocycles. The Morgan fingerprint density at radius 2 is 2.00 bits per heavy atom. The van der Waals surface area contributed by atoms with Crippen LogP contribution in [0.2, 0.25) is 0 Å². The minimum atomic E-state index is -0.0963. The molecule has 6 nitrogen and oxygen atoms in total. The lowest BCUT2D eigenvalue weighted by Gasteiger charge is -2.26. The summed E-state index contributed by atoms with van der Waals surface area (Å²) in [5, 5.41) is 5.77. The SMILES string of the molecule is COc1cccc(NC(=O)Cc2csc(-c3ccc(CN4CCOCC4)cc3)n2)c1. The Labute approximate surface area is 180 Å². The molecule has 1 saturated heterocycles. The van der Waals surface area contributed by atoms with Crippen molar-refractivity contribution >= 4 is 22.9 Å². The molecule has 3 aromatic rings. The van der Waals surface area contributed by atoms with Crippen LogP contribution in [0.3, 0.4) is 0 Å². The summed E-state index contributed by atoms with van der Waals surface area (Å²) in [6.07, 6.45) is 0.239. The number of anilines is 1. The predicted molar refractivity (Wildman–Crippen MR) is 119 cm³/mol. The average molecular weight is 424 g/mol. The van der Waals surface area contributed by atoms with Crippen LogP contribution in [0.1, 0.15) is 11.3 Å². The van der Waals surface area contributed by atoms with E-state index in [1.54, 1.807) is 24.5 Å². The van der Waals surface area contributed by atoms with Crippen molar-refractivity contribution in [2.75, 3.05) is 38.7 Å². The third kappa shape index (κ3) is 5.44. The van der Waals surface area contributed by atoms with E-state index in [2.05, 4.69) is 39.5 Å². The smallest absolute Gasteiger partial charge is 0.230 e. The standard InChI is InChI=1S/C23H25N3O3S/c1-28-21-4-2-3-19(13-21)24-22(27)14-20-16-30-23(25-20)18-7-5-17(6-8-18)15-26-9-11-29-12-10-26/h2-8,13,16H,9-12,14-15H2,1H3,(H,24,27). The van der Waals surface area contributed by atoms with Crippen molar-refractivity contribution in [1.82, 2.24) is 9.88 Å². The van der Waals surface area contributed by atoms with Gasteiger partial charge in [0.2, 0.25) is 5.91 Å². The van der Waals surface area contributed by atoms with Gasteiger partial charge in [0.25, 0.3) is 0 Å². The van der Waals surface area contributed by atoms with Crippen LogP contribution in [-0.4, -0.2) is 49.2 Å². The third-order valence-corrected chi connectivity index (χ3v) is 5.90. The highest BCUT2D eigenvalue weighted by atomic mass is 32.1. The van der Waals surface area contributed by atoms with Crippen LogP contribution in [0.25, 0.3) is 10.6 Å². The first-order valence-electron chi connectivity index (χ1n) is 9.97. The molecule has 7 heteroatoms. The number of nitrogens with one attached hydrogen (secondary N) is 1. The van der Waals surface area contributed by atoms with E-state index >= 15 is 0 Å². The monoisotopic (exact) mass is 423 g/mol. The molecule has 0 atom stereocenters. The fourth-order valence-electron chi connectivity index (χ4n) is 3.36. The molecule has 1 fully saturated rings. The molecular formula is C23H25N3O3S. The molecule has 1 aliphatic heterocycles. The normalized spacial score (nSPS) is 14.4. The largest absolute Gasteiger partial charge is 0.497 e. The molecule has 1 amide bonds. The van der Waals surface area contributed by atoms with Crippen molar-refractivity contribution in [2.24, 2.45) is 0 Å². The molecule has 0 saturated carbocycles. The molecule has 0 bridgehead atoms. The van der Waals surface area contributed by atoms with E-state index in [4.69, 9.17) is 9.47 Å². The van der Waals surface area contributed by atoms with Gasteiger partial charge in [-0.25, -0.2) is 4.98 Å². The lowest BCUT2D eigenvalue weighted by atomic mass is 10.1. The van der Waals surface area contributed by atoms with Gasteiger partial charge in [0.1, 0.15) is 10.8 Å². The first-order chi connectivity index (χ1) is 14.7. The zero-order valence-electron chi connectivity index (χ0n) is 17.0. The van der Waals surface area contributed by atoms with Gasteiger partial charge in [-0.05, 0) is 17.7 Å². The van der Waals surface area contributed by atoms with Crippen molar-refractivity contribution in [3.63, 3.8) is 0 Å². The van der Waals surface area contributed by atoms with E-state index in [-0.39, 0.29) is 12.3 Å². The number of ether oxygens (including phenoxy) is 2. The molecule has 156 valence electrons. The van der Waals surface area contributed by atoms with Gasteiger partial charge in [-0.15, -0.1) is 11.3 Å². The zero-order valence-corrected chi connectivity index (χ0v) is 17.8. The van der Waals surface area contributed by atoms with Gasteiger partial charge in [0.05, 0.1) is 32.4 Å². The highest BCUT2D eigenvalue weighted by Crippen LogP contribution is 2.25. The molecular weight excluding hydrogens is 398 g/mol. The summed E-state index contributed by atoms with van der Waals surface area (Å²) in [4.78, 5) is 19.4. The van der Waals surface area contributed by atoms with Crippen LogP contribution in [-0.2, 0) is 22.5 Å². The number of rotatable bonds is 7. The van der Waals surface area contributed by atoms with Crippen LogP contribution in [0.4, 0.5) is 5.69 Å². The number of hydrogen-bond acceptors (Lipinski definition) is 6. The minimum absolute atomic E-state index is 0.0963. The van der Waals surface area contributed by atoms with Gasteiger partial charge in [-0.1, -0.05) is 30.3 Å². The first kappa shape index (κ1) is 20.5. The third-order valence-electron chi connectivity index (χ3n) is 4.96. The number of carbonyl (C=O) groups excluding carboxylic acids is 1. The van der Waals surface area contributed by atoms with Gasteiger partial charge in [0, 0.05) is 42.3 Å². The van der Waals surface area contributed by atoms with E-state index in [1.165, 1.54) is 5.56 Å². The maximum atomic E-state index is 12.4. The summed E-state index contributed by atoms with van der Waals surface area (Å²) < 4.78 is 10.6. The van der Waals surface area contributed by atoms with E-state index in [0.29, 0.717) is 11.4 Å². The summed E-state index contributed by atoms with van der Waals surface area (Å²) in [7, 11) is 1.60. The fourth-order valence-corrected chi connectivity index (χ4v) is 4.19. The van der Waals surface area contributed by atoms with Gasteiger partial charge >= 0.3 is 0 Å². The van der Waals surface area contributed by atoms with E-state index < -0.39 is 0 Å². The van der Waals surface area contributed by atoms with Crippen molar-refractivity contribution in [3.8, 4) is 16.3 Å². The summed E-state index contributed by atoms with van der Waals surface area (Å²) >= 11 is 1.56. The zero-order chi connectivity index (χ0) is 20.8. The second-order valence-electron chi connectivity index (χ2n) is 7.19. The molecule has 1 aromatic heterocycles. The maximum Gasteiger partial charge on any atom is 0.230 e. The van der Waals surface area contributed by atoms with Crippen LogP contribution in [0.15, 0.2) is 53.9 Å². The van der Waals surface area contributed by atoms with Gasteiger partial charge in [-0.2, -0.15) is 0 Å². The highest BCUT2D eigenvalue weighted by Gasteiger charge is 2.12. The number of amides is 1. The summed E-state index contributed by atoms with van der Waals surface area (Å²) in [6.45, 7) is 4.53. The molecule has 4 rings (SSSR count). The molecule has 0 spiro atoms. The van der Waals surface area contributed by atoms with Crippen molar-refractivity contribution in [1.29, 1.82) is 0 Å². The number of carbonyl (C=O) groups is 1. The molecule has 1 aliphatic rings. The Balaban J connectivity index is 1.34. The van der Waals surface area contributed by atoms with Crippen LogP contribution < -0.4 is 10.1 Å². The number of morpholine rings is 1. The highest BCUT2D eigenvalue weighted by molar-refractivity contribution is 7.13. The number of aromatic nitrogens is 1. The number of nitrogens with zero attached hydrogens (tertiary/aromatic N) is 2. The Morgan fingerprint density at radius 3 is 2.77 bits per heavy atom. The Hall–Kier alpha value is -2.74. The topological polar surface area (TPSA) is 63.7 Å². The predicted octanol–water partition coefficient (Wildman–Crippen LogP) is 3.83. The van der Waals surface area contributed by atoms with E-state index in [0.717, 1.165) is 49.1 Å². The fraction of sp³-hybridized carbons (Fsp3) is 0.304. The second kappa shape index (κ2) is 9.84. The van der Waals surface area contributed by atoms with Crippen LogP contribution in [0.5, 0.6) is 5.75 Å². The Morgan fingerprint density at radius 1 is 1.20 bits per heavy atom. The molecule has 30 heavy (non-hydrogen) atoms.